The Labute approximate surface area is 585 Å². The molecule has 12 N–H and O–H groups in total. The van der Waals surface area contributed by atoms with Crippen LogP contribution in [0.25, 0.3) is 0 Å². The number of hydrogen-bond acceptors (Lipinski definition) is 23. The maximum atomic E-state index is 11.0. The highest BCUT2D eigenvalue weighted by Gasteiger charge is 2.16. The molecule has 0 bridgehead atoms. The highest BCUT2D eigenvalue weighted by atomic mass is 16.5. The molecule has 0 aliphatic carbocycles. The molecule has 0 atom stereocenters. The minimum absolute atomic E-state index is 0.00241. The minimum Gasteiger partial charge on any atom is -0.508 e. The fourth-order valence-electron chi connectivity index (χ4n) is 10.9. The van der Waals surface area contributed by atoms with Crippen molar-refractivity contribution >= 4 is 0 Å². The van der Waals surface area contributed by atoms with E-state index in [1.807, 2.05) is 0 Å². The summed E-state index contributed by atoms with van der Waals surface area (Å²) in [5.74, 6) is 2.11. The van der Waals surface area contributed by atoms with Crippen molar-refractivity contribution in [2.75, 3.05) is 13.7 Å². The third-order valence-corrected chi connectivity index (χ3v) is 15.1. The van der Waals surface area contributed by atoms with Crippen molar-refractivity contribution in [2.24, 2.45) is 0 Å². The molecule has 0 saturated carbocycles. The van der Waals surface area contributed by atoms with Gasteiger partial charge in [0.05, 0.1) is 13.2 Å². The van der Waals surface area contributed by atoms with Crippen LogP contribution in [0.4, 0.5) is 0 Å². The molecular formula is C79H72O23. The maximum absolute atomic E-state index is 11.0. The Kier molecular flexibility index (Phi) is 22.8. The van der Waals surface area contributed by atoms with Crippen LogP contribution in [0, 0.1) is 0 Å². The molecule has 0 aliphatic rings. The minimum atomic E-state index is -0.144. The van der Waals surface area contributed by atoms with Crippen LogP contribution >= 0.6 is 0 Å². The average Bonchev–Trinajstić information content (AvgIpc) is 1.01. The number of ether oxygens (including phenoxy) is 11. The predicted molar refractivity (Wildman–Crippen MR) is 370 cm³/mol. The molecular weight excluding hydrogens is 1320 g/mol. The highest BCUT2D eigenvalue weighted by Crippen LogP contribution is 2.35. The van der Waals surface area contributed by atoms with Crippen molar-refractivity contribution in [1.82, 2.24) is 0 Å². The molecule has 0 saturated heterocycles. The summed E-state index contributed by atoms with van der Waals surface area (Å²) in [7, 11) is 1.56. The second kappa shape index (κ2) is 33.0. The largest absolute Gasteiger partial charge is 0.508 e. The summed E-state index contributed by atoms with van der Waals surface area (Å²) < 4.78 is 67.3. The fraction of sp³-hybridized carbons (Fsp3) is 0.165. The SMILES string of the molecule is COCc1cc(OCc2cc(O)cc(OCc3cc(O)cc(OCCc4cc(O)cc(O)c4)c3)c2)cc(OCc2cc(OCc3cc(O)cc(OCc4cc(O)cc(O)c4)c3)cc(OCc3cc(O)cc(OCc4cc(OCc5cc(O)cc(O)c5)cc(OCc5cc(O)cc(O)c5)c4)c3)c2)c1. The second-order valence-corrected chi connectivity index (χ2v) is 23.8. The molecule has 102 heavy (non-hydrogen) atoms. The number of rotatable bonds is 33. The first-order chi connectivity index (χ1) is 49.2. The molecule has 0 unspecified atom stereocenters. The van der Waals surface area contributed by atoms with Gasteiger partial charge in [0, 0.05) is 80.3 Å². The standard InChI is InChI=1S/C79H72O23/c1-92-37-55-20-74(99-42-53-14-68(90)32-72(18-53)95-41-51-12-66(88)30-70(16-51)93-3-2-47-4-58(80)26-59(81)5-47)34-75(21-55)102-46-57-24-78(100-43-52-13-67(89)31-71(17-52)94-38-48-6-60(82)27-61(83)7-48)36-79(25-57)101-44-54-15-69(91)33-73(19-54)96-45-56-22-76(97-39-49-8-62(84)28-63(85)9-49)35-77(23-56)98-40-50-10-64(86)29-65(87)11-50/h4-36,80-91H,2-3,37-46H2,1H3. The van der Waals surface area contributed by atoms with Crippen molar-refractivity contribution in [3.8, 4) is 126 Å². The van der Waals surface area contributed by atoms with Gasteiger partial charge < -0.3 is 113 Å². The topological polar surface area (TPSA) is 344 Å². The summed E-state index contributed by atoms with van der Waals surface area (Å²) in [5.41, 5.74) is 6.21. The van der Waals surface area contributed by atoms with Crippen molar-refractivity contribution in [1.29, 1.82) is 0 Å². The molecule has 0 aliphatic heterocycles. The van der Waals surface area contributed by atoms with E-state index in [9.17, 15) is 61.3 Å². The fourth-order valence-corrected chi connectivity index (χ4v) is 10.9. The Morgan fingerprint density at radius 2 is 0.324 bits per heavy atom. The van der Waals surface area contributed by atoms with Crippen molar-refractivity contribution in [3.05, 3.63) is 261 Å². The number of phenolic OH excluding ortho intramolecular Hbond substituents is 12. The quantitative estimate of drug-likeness (QED) is 0.0182. The van der Waals surface area contributed by atoms with E-state index in [4.69, 9.17) is 52.1 Å². The van der Waals surface area contributed by atoms with Crippen molar-refractivity contribution < 1.29 is 113 Å². The Hall–Kier alpha value is -13.0. The number of benzene rings is 11. The lowest BCUT2D eigenvalue weighted by molar-refractivity contribution is 0.183. The molecule has 0 amide bonds. The van der Waals surface area contributed by atoms with Crippen LogP contribution in [0.2, 0.25) is 0 Å². The number of aromatic hydroxyl groups is 12. The van der Waals surface area contributed by atoms with E-state index >= 15 is 0 Å². The molecule has 0 aromatic heterocycles. The van der Waals surface area contributed by atoms with Gasteiger partial charge in [-0.25, -0.2) is 0 Å². The molecule has 23 heteroatoms. The monoisotopic (exact) mass is 1390 g/mol. The number of methoxy groups -OCH3 is 1. The third kappa shape index (κ3) is 21.5. The van der Waals surface area contributed by atoms with Crippen LogP contribution in [-0.4, -0.2) is 75.0 Å². The summed E-state index contributed by atoms with van der Waals surface area (Å²) in [6.45, 7) is 0.0978. The van der Waals surface area contributed by atoms with Crippen LogP contribution < -0.4 is 47.4 Å². The van der Waals surface area contributed by atoms with Gasteiger partial charge in [-0.1, -0.05) is 0 Å². The van der Waals surface area contributed by atoms with E-state index in [1.165, 1.54) is 121 Å². The summed E-state index contributed by atoms with van der Waals surface area (Å²) in [6, 6.07) is 50.7. The smallest absolute Gasteiger partial charge is 0.123 e. The Bertz CT molecular complexity index is 4570. The molecule has 23 nitrogen and oxygen atoms in total. The molecule has 0 radical (unpaired) electrons. The molecule has 11 rings (SSSR count). The van der Waals surface area contributed by atoms with Gasteiger partial charge in [-0.2, -0.15) is 0 Å². The predicted octanol–water partition coefficient (Wildman–Crippen LogP) is 14.1. The van der Waals surface area contributed by atoms with Gasteiger partial charge in [-0.05, 0) is 195 Å². The Morgan fingerprint density at radius 1 is 0.167 bits per heavy atom. The van der Waals surface area contributed by atoms with Crippen molar-refractivity contribution in [2.45, 2.75) is 72.5 Å². The van der Waals surface area contributed by atoms with E-state index in [-0.39, 0.29) is 147 Å². The van der Waals surface area contributed by atoms with Gasteiger partial charge in [0.1, 0.15) is 186 Å². The normalized spacial score (nSPS) is 11.0. The first-order valence-corrected chi connectivity index (χ1v) is 31.7. The van der Waals surface area contributed by atoms with Crippen LogP contribution in [0.15, 0.2) is 200 Å². The van der Waals surface area contributed by atoms with E-state index in [2.05, 4.69) is 0 Å². The molecule has 0 spiro atoms. The zero-order valence-corrected chi connectivity index (χ0v) is 54.9. The lowest BCUT2D eigenvalue weighted by atomic mass is 10.1. The van der Waals surface area contributed by atoms with Gasteiger partial charge in [0.15, 0.2) is 0 Å². The van der Waals surface area contributed by atoms with E-state index in [0.717, 1.165) is 5.56 Å². The van der Waals surface area contributed by atoms with Crippen LogP contribution in [-0.2, 0) is 77.2 Å². The molecule has 11 aromatic carbocycles. The van der Waals surface area contributed by atoms with Gasteiger partial charge in [0.2, 0.25) is 0 Å². The molecule has 526 valence electrons. The molecule has 11 aromatic rings. The van der Waals surface area contributed by atoms with Gasteiger partial charge in [-0.15, -0.1) is 0 Å². The zero-order chi connectivity index (χ0) is 71.7. The first kappa shape index (κ1) is 70.3. The maximum Gasteiger partial charge on any atom is 0.123 e. The lowest BCUT2D eigenvalue weighted by Crippen LogP contribution is -2.03. The molecule has 0 heterocycles. The number of hydrogen-bond donors (Lipinski definition) is 12. The van der Waals surface area contributed by atoms with E-state index in [1.54, 1.807) is 86.0 Å². The first-order valence-electron chi connectivity index (χ1n) is 31.7. The summed E-state index contributed by atoms with van der Waals surface area (Å²) in [5, 5.41) is 123. The van der Waals surface area contributed by atoms with Gasteiger partial charge in [-0.3, -0.25) is 0 Å². The zero-order valence-electron chi connectivity index (χ0n) is 54.9. The Morgan fingerprint density at radius 3 is 0.539 bits per heavy atom. The van der Waals surface area contributed by atoms with Crippen LogP contribution in [0.5, 0.6) is 126 Å². The highest BCUT2D eigenvalue weighted by molar-refractivity contribution is 5.47. The summed E-state index contributed by atoms with van der Waals surface area (Å²) in [6.07, 6.45) is 0.377. The van der Waals surface area contributed by atoms with Gasteiger partial charge >= 0.3 is 0 Å². The number of phenols is 12. The molecule has 0 fully saturated rings. The second-order valence-electron chi connectivity index (χ2n) is 23.8. The van der Waals surface area contributed by atoms with Crippen LogP contribution in [0.3, 0.4) is 0 Å². The third-order valence-electron chi connectivity index (χ3n) is 15.1. The Balaban J connectivity index is 0.778. The van der Waals surface area contributed by atoms with Gasteiger partial charge in [0.25, 0.3) is 0 Å². The summed E-state index contributed by atoms with van der Waals surface area (Å²) >= 11 is 0. The average molecular weight is 1390 g/mol. The van der Waals surface area contributed by atoms with E-state index < -0.39 is 0 Å². The van der Waals surface area contributed by atoms with Crippen molar-refractivity contribution in [3.63, 3.8) is 0 Å². The van der Waals surface area contributed by atoms with Crippen LogP contribution in [0.1, 0.15) is 61.2 Å². The lowest BCUT2D eigenvalue weighted by Gasteiger charge is -2.16. The van der Waals surface area contributed by atoms with E-state index in [0.29, 0.717) is 114 Å². The summed E-state index contributed by atoms with van der Waals surface area (Å²) in [4.78, 5) is 0.